The molecule has 1 aliphatic carbocycles. The summed E-state index contributed by atoms with van der Waals surface area (Å²) in [6, 6.07) is 2.13. The third-order valence-corrected chi connectivity index (χ3v) is 4.00. The minimum Gasteiger partial charge on any atom is -0.444 e. The first-order valence-corrected chi connectivity index (χ1v) is 8.28. The van der Waals surface area contributed by atoms with Crippen molar-refractivity contribution in [1.82, 2.24) is 10.3 Å². The summed E-state index contributed by atoms with van der Waals surface area (Å²) >= 11 is 5.94. The van der Waals surface area contributed by atoms with Crippen LogP contribution in [-0.2, 0) is 4.74 Å². The van der Waals surface area contributed by atoms with E-state index in [1.54, 1.807) is 6.20 Å². The summed E-state index contributed by atoms with van der Waals surface area (Å²) in [6.45, 7) is 5.56. The van der Waals surface area contributed by atoms with Crippen LogP contribution in [0, 0.1) is 0 Å². The molecule has 0 bridgehead atoms. The molecule has 1 heterocycles. The molecule has 1 saturated carbocycles. The Bertz CT molecular complexity index is 560. The second-order valence-corrected chi connectivity index (χ2v) is 7.27. The SMILES string of the molecule is CC(C)(C)OC(=O)NC1CCCC(Nc2ccnc(Cl)c2N)C1. The zero-order valence-corrected chi connectivity index (χ0v) is 14.6. The maximum absolute atomic E-state index is 11.9. The third-order valence-electron chi connectivity index (χ3n) is 3.70. The number of anilines is 2. The fourth-order valence-corrected chi connectivity index (χ4v) is 2.88. The van der Waals surface area contributed by atoms with Gasteiger partial charge < -0.3 is 21.1 Å². The molecule has 0 saturated heterocycles. The maximum Gasteiger partial charge on any atom is 0.407 e. The summed E-state index contributed by atoms with van der Waals surface area (Å²) in [6.07, 6.45) is 5.07. The smallest absolute Gasteiger partial charge is 0.407 e. The molecule has 0 spiro atoms. The molecule has 1 aliphatic rings. The minimum absolute atomic E-state index is 0.0923. The first-order valence-electron chi connectivity index (χ1n) is 7.90. The summed E-state index contributed by atoms with van der Waals surface area (Å²) < 4.78 is 5.31. The first-order chi connectivity index (χ1) is 10.7. The third kappa shape index (κ3) is 5.46. The summed E-state index contributed by atoms with van der Waals surface area (Å²) in [5.41, 5.74) is 6.69. The van der Waals surface area contributed by atoms with E-state index in [1.807, 2.05) is 26.8 Å². The van der Waals surface area contributed by atoms with Crippen LogP contribution < -0.4 is 16.4 Å². The first kappa shape index (κ1) is 17.7. The fraction of sp³-hybridized carbons (Fsp3) is 0.625. The number of nitrogens with zero attached hydrogens (tertiary/aromatic N) is 1. The van der Waals surface area contributed by atoms with Gasteiger partial charge in [-0.2, -0.15) is 0 Å². The lowest BCUT2D eigenvalue weighted by Gasteiger charge is -2.32. The van der Waals surface area contributed by atoms with E-state index in [4.69, 9.17) is 22.1 Å². The van der Waals surface area contributed by atoms with Crippen LogP contribution in [0.5, 0.6) is 0 Å². The van der Waals surface area contributed by atoms with Gasteiger partial charge in [-0.25, -0.2) is 9.78 Å². The number of ether oxygens (including phenoxy) is 1. The van der Waals surface area contributed by atoms with Gasteiger partial charge in [0.25, 0.3) is 0 Å². The number of hydrogen-bond acceptors (Lipinski definition) is 5. The summed E-state index contributed by atoms with van der Waals surface area (Å²) in [7, 11) is 0. The molecule has 0 aromatic carbocycles. The largest absolute Gasteiger partial charge is 0.444 e. The topological polar surface area (TPSA) is 89.3 Å². The highest BCUT2D eigenvalue weighted by atomic mass is 35.5. The van der Waals surface area contributed by atoms with Gasteiger partial charge in [0.15, 0.2) is 5.15 Å². The molecule has 23 heavy (non-hydrogen) atoms. The molecule has 6 nitrogen and oxygen atoms in total. The number of rotatable bonds is 3. The standard InChI is InChI=1S/C16H25ClN4O2/c1-16(2,3)23-15(22)21-11-6-4-5-10(9-11)20-12-7-8-19-14(17)13(12)18/h7-8,10-11H,4-6,9,18H2,1-3H3,(H,19,20)(H,21,22). The summed E-state index contributed by atoms with van der Waals surface area (Å²) in [4.78, 5) is 15.8. The molecule has 128 valence electrons. The van der Waals surface area contributed by atoms with Crippen molar-refractivity contribution < 1.29 is 9.53 Å². The number of nitrogen functional groups attached to an aromatic ring is 1. The van der Waals surface area contributed by atoms with Gasteiger partial charge in [-0.05, 0) is 52.5 Å². The molecule has 1 fully saturated rings. The average Bonchev–Trinajstić information content (AvgIpc) is 2.42. The molecule has 1 amide bonds. The molecule has 7 heteroatoms. The zero-order chi connectivity index (χ0) is 17.0. The Morgan fingerprint density at radius 3 is 2.78 bits per heavy atom. The van der Waals surface area contributed by atoms with Crippen LogP contribution in [0.3, 0.4) is 0 Å². The number of amides is 1. The molecular weight excluding hydrogens is 316 g/mol. The minimum atomic E-state index is -0.487. The van der Waals surface area contributed by atoms with E-state index in [9.17, 15) is 4.79 Å². The van der Waals surface area contributed by atoms with Gasteiger partial charge in [-0.15, -0.1) is 0 Å². The van der Waals surface area contributed by atoms with E-state index >= 15 is 0 Å². The lowest BCUT2D eigenvalue weighted by atomic mass is 9.91. The van der Waals surface area contributed by atoms with Crippen molar-refractivity contribution in [2.75, 3.05) is 11.1 Å². The van der Waals surface area contributed by atoms with E-state index in [2.05, 4.69) is 15.6 Å². The molecule has 2 unspecified atom stereocenters. The quantitative estimate of drug-likeness (QED) is 0.732. The Labute approximate surface area is 142 Å². The second-order valence-electron chi connectivity index (χ2n) is 6.91. The van der Waals surface area contributed by atoms with Crippen molar-refractivity contribution in [3.05, 3.63) is 17.4 Å². The Hall–Kier alpha value is -1.69. The van der Waals surface area contributed by atoms with Crippen LogP contribution in [0.15, 0.2) is 12.3 Å². The van der Waals surface area contributed by atoms with Crippen LogP contribution in [0.2, 0.25) is 5.15 Å². The van der Waals surface area contributed by atoms with Gasteiger partial charge in [-0.1, -0.05) is 11.6 Å². The van der Waals surface area contributed by atoms with Crippen LogP contribution in [0.1, 0.15) is 46.5 Å². The van der Waals surface area contributed by atoms with Crippen molar-refractivity contribution in [3.63, 3.8) is 0 Å². The van der Waals surface area contributed by atoms with Gasteiger partial charge in [-0.3, -0.25) is 0 Å². The lowest BCUT2D eigenvalue weighted by Crippen LogP contribution is -2.43. The van der Waals surface area contributed by atoms with E-state index < -0.39 is 5.60 Å². The molecule has 1 aromatic heterocycles. The number of nitrogens with two attached hydrogens (primary N) is 1. The van der Waals surface area contributed by atoms with Crippen molar-refractivity contribution in [1.29, 1.82) is 0 Å². The number of alkyl carbamates (subject to hydrolysis) is 1. The number of carbonyl (C=O) groups is 1. The zero-order valence-electron chi connectivity index (χ0n) is 13.9. The highest BCUT2D eigenvalue weighted by Crippen LogP contribution is 2.28. The predicted molar refractivity (Wildman–Crippen MR) is 92.7 cm³/mol. The summed E-state index contributed by atoms with van der Waals surface area (Å²) in [5, 5.41) is 6.65. The monoisotopic (exact) mass is 340 g/mol. The summed E-state index contributed by atoms with van der Waals surface area (Å²) in [5.74, 6) is 0. The number of nitrogens with one attached hydrogen (secondary N) is 2. The molecule has 1 aromatic rings. The Morgan fingerprint density at radius 2 is 2.09 bits per heavy atom. The molecule has 0 aliphatic heterocycles. The van der Waals surface area contributed by atoms with Crippen molar-refractivity contribution in [2.24, 2.45) is 0 Å². The molecule has 0 radical (unpaired) electrons. The molecule has 2 rings (SSSR count). The number of pyridine rings is 1. The van der Waals surface area contributed by atoms with Crippen molar-refractivity contribution in [3.8, 4) is 0 Å². The van der Waals surface area contributed by atoms with Gasteiger partial charge >= 0.3 is 6.09 Å². The molecule has 2 atom stereocenters. The number of hydrogen-bond donors (Lipinski definition) is 3. The Kier molecular flexibility index (Phi) is 5.57. The maximum atomic E-state index is 11.9. The van der Waals surface area contributed by atoms with Crippen molar-refractivity contribution >= 4 is 29.1 Å². The Balaban J connectivity index is 1.91. The lowest BCUT2D eigenvalue weighted by molar-refractivity contribution is 0.0492. The highest BCUT2D eigenvalue weighted by Gasteiger charge is 2.25. The van der Waals surface area contributed by atoms with Gasteiger partial charge in [0, 0.05) is 18.3 Å². The van der Waals surface area contributed by atoms with Gasteiger partial charge in [0.05, 0.1) is 11.4 Å². The van der Waals surface area contributed by atoms with E-state index in [0.29, 0.717) is 10.8 Å². The fourth-order valence-electron chi connectivity index (χ4n) is 2.72. The number of aromatic nitrogens is 1. The van der Waals surface area contributed by atoms with E-state index in [-0.39, 0.29) is 18.2 Å². The van der Waals surface area contributed by atoms with Crippen molar-refractivity contribution in [2.45, 2.75) is 64.1 Å². The average molecular weight is 341 g/mol. The van der Waals surface area contributed by atoms with Crippen LogP contribution in [0.25, 0.3) is 0 Å². The van der Waals surface area contributed by atoms with Crippen LogP contribution in [-0.4, -0.2) is 28.8 Å². The van der Waals surface area contributed by atoms with E-state index in [0.717, 1.165) is 31.4 Å². The number of halogens is 1. The Morgan fingerprint density at radius 1 is 1.39 bits per heavy atom. The molecule has 4 N–H and O–H groups in total. The number of carbonyl (C=O) groups excluding carboxylic acids is 1. The molecular formula is C16H25ClN4O2. The van der Waals surface area contributed by atoms with Crippen LogP contribution in [0.4, 0.5) is 16.2 Å². The van der Waals surface area contributed by atoms with Crippen LogP contribution >= 0.6 is 11.6 Å². The normalized spacial score (nSPS) is 21.6. The van der Waals surface area contributed by atoms with E-state index in [1.165, 1.54) is 0 Å². The predicted octanol–water partition coefficient (Wildman–Crippen LogP) is 3.57. The highest BCUT2D eigenvalue weighted by molar-refractivity contribution is 6.32. The van der Waals surface area contributed by atoms with Gasteiger partial charge in [0.1, 0.15) is 5.60 Å². The van der Waals surface area contributed by atoms with Gasteiger partial charge in [0.2, 0.25) is 0 Å². The second kappa shape index (κ2) is 7.25.